The molecule has 2 N–H and O–H groups in total. The van der Waals surface area contributed by atoms with Crippen LogP contribution in [0.2, 0.25) is 0 Å². The van der Waals surface area contributed by atoms with Gasteiger partial charge in [0.1, 0.15) is 11.5 Å². The summed E-state index contributed by atoms with van der Waals surface area (Å²) in [7, 11) is -4.42. The Morgan fingerprint density at radius 2 is 1.55 bits per heavy atom. The Balaban J connectivity index is 1.32. The summed E-state index contributed by atoms with van der Waals surface area (Å²) in [5, 5.41) is 15.5. The van der Waals surface area contributed by atoms with Crippen molar-refractivity contribution >= 4 is 39.1 Å². The average molecular weight is 634 g/mol. The number of carbonyl (C=O) groups is 1. The smallest absolute Gasteiger partial charge is 0.293 e. The van der Waals surface area contributed by atoms with Crippen molar-refractivity contribution in [3.63, 3.8) is 0 Å². The van der Waals surface area contributed by atoms with Gasteiger partial charge >= 0.3 is 0 Å². The number of anilines is 1. The lowest BCUT2D eigenvalue weighted by atomic mass is 9.84. The fourth-order valence-corrected chi connectivity index (χ4v) is 7.45. The summed E-state index contributed by atoms with van der Waals surface area (Å²) in [6, 6.07) is 25.5. The minimum atomic E-state index is -4.42. The second-order valence-corrected chi connectivity index (χ2v) is 13.5. The van der Waals surface area contributed by atoms with Gasteiger partial charge in [-0.1, -0.05) is 61.7 Å². The van der Waals surface area contributed by atoms with Crippen LogP contribution in [0.25, 0.3) is 11.1 Å². The first-order valence-electron chi connectivity index (χ1n) is 14.4. The van der Waals surface area contributed by atoms with E-state index in [-0.39, 0.29) is 33.7 Å². The molecule has 5 rings (SSSR count). The van der Waals surface area contributed by atoms with E-state index in [9.17, 15) is 27.7 Å². The van der Waals surface area contributed by atoms with Crippen LogP contribution in [-0.4, -0.2) is 31.0 Å². The first kappa shape index (κ1) is 31.2. The first-order chi connectivity index (χ1) is 21.2. The number of amides is 1. The summed E-state index contributed by atoms with van der Waals surface area (Å²) in [5.41, 5.74) is 1.39. The molecule has 0 heterocycles. The minimum Gasteiger partial charge on any atom is -0.376 e. The van der Waals surface area contributed by atoms with Gasteiger partial charge in [-0.3, -0.25) is 14.9 Å². The molecule has 0 aliphatic heterocycles. The molecule has 0 spiro atoms. The van der Waals surface area contributed by atoms with Gasteiger partial charge in [-0.05, 0) is 78.4 Å². The summed E-state index contributed by atoms with van der Waals surface area (Å²) < 4.78 is 41.5. The number of rotatable bonds is 11. The van der Waals surface area contributed by atoms with Crippen molar-refractivity contribution in [2.24, 2.45) is 5.92 Å². The fourth-order valence-electron chi connectivity index (χ4n) is 5.38. The molecule has 44 heavy (non-hydrogen) atoms. The molecule has 0 bridgehead atoms. The van der Waals surface area contributed by atoms with E-state index < -0.39 is 20.9 Å². The molecule has 4 aromatic rings. The summed E-state index contributed by atoms with van der Waals surface area (Å²) >= 11 is 1.68. The number of nitrogens with one attached hydrogen (secondary N) is 2. The van der Waals surface area contributed by atoms with Gasteiger partial charge in [0.05, 0.1) is 9.82 Å². The lowest BCUT2D eigenvalue weighted by Crippen LogP contribution is -2.33. The molecule has 0 radical (unpaired) electrons. The predicted molar refractivity (Wildman–Crippen MR) is 171 cm³/mol. The Morgan fingerprint density at radius 1 is 0.909 bits per heavy atom. The number of nitrogens with zero attached hydrogens (tertiary/aromatic N) is 1. The van der Waals surface area contributed by atoms with E-state index in [4.69, 9.17) is 0 Å². The quantitative estimate of drug-likeness (QED) is 0.0988. The van der Waals surface area contributed by atoms with Crippen molar-refractivity contribution in [1.29, 1.82) is 0 Å². The molecule has 4 aromatic carbocycles. The van der Waals surface area contributed by atoms with E-state index in [1.807, 2.05) is 35.1 Å². The molecule has 8 nitrogen and oxygen atoms in total. The summed E-state index contributed by atoms with van der Waals surface area (Å²) in [4.78, 5) is 25.0. The lowest BCUT2D eigenvalue weighted by molar-refractivity contribution is -0.384. The predicted octanol–water partition coefficient (Wildman–Crippen LogP) is 7.67. The number of benzene rings is 4. The van der Waals surface area contributed by atoms with Crippen molar-refractivity contribution in [2.75, 3.05) is 11.1 Å². The second kappa shape index (κ2) is 14.0. The third-order valence-electron chi connectivity index (χ3n) is 7.76. The highest BCUT2D eigenvalue weighted by Crippen LogP contribution is 2.35. The standard InChI is InChI=1S/C33H32FN3O5S2/c34-27-17-15-24(16-18-27)23-11-13-26(14-12-23)33(38)36-44(41,42)29-19-20-30(32(21-29)37(39)40)35-31(25-7-3-1-4-8-25)22-43-28-9-5-2-6-10-28/h2,5-6,9-21,25,31,35H,1,3-4,7-8,22H2,(H,36,38)/t31-/m0/s1. The molecule has 1 saturated carbocycles. The van der Waals surface area contributed by atoms with Gasteiger partial charge < -0.3 is 5.32 Å². The van der Waals surface area contributed by atoms with Crippen molar-refractivity contribution in [3.8, 4) is 11.1 Å². The molecule has 1 atom stereocenters. The van der Waals surface area contributed by atoms with E-state index in [2.05, 4.69) is 5.32 Å². The topological polar surface area (TPSA) is 118 Å². The van der Waals surface area contributed by atoms with Crippen LogP contribution in [0.5, 0.6) is 0 Å². The Labute approximate surface area is 260 Å². The Morgan fingerprint density at radius 3 is 2.18 bits per heavy atom. The van der Waals surface area contributed by atoms with Crippen LogP contribution >= 0.6 is 11.8 Å². The van der Waals surface area contributed by atoms with Gasteiger partial charge in [-0.2, -0.15) is 0 Å². The fraction of sp³-hybridized carbons (Fsp3) is 0.242. The second-order valence-electron chi connectivity index (χ2n) is 10.7. The summed E-state index contributed by atoms with van der Waals surface area (Å²) in [6.45, 7) is 0. The van der Waals surface area contributed by atoms with Crippen LogP contribution in [0.4, 0.5) is 15.8 Å². The molecular weight excluding hydrogens is 602 g/mol. The molecule has 1 fully saturated rings. The maximum absolute atomic E-state index is 13.2. The molecular formula is C33H32FN3O5S2. The molecule has 0 aromatic heterocycles. The van der Waals surface area contributed by atoms with Gasteiger partial charge in [-0.25, -0.2) is 17.5 Å². The highest BCUT2D eigenvalue weighted by molar-refractivity contribution is 7.99. The van der Waals surface area contributed by atoms with Crippen LogP contribution in [0.15, 0.2) is 107 Å². The van der Waals surface area contributed by atoms with E-state index in [0.717, 1.165) is 47.8 Å². The summed E-state index contributed by atoms with van der Waals surface area (Å²) in [6.07, 6.45) is 5.42. The van der Waals surface area contributed by atoms with Gasteiger partial charge in [0, 0.05) is 28.3 Å². The Kier molecular flexibility index (Phi) is 9.96. The highest BCUT2D eigenvalue weighted by atomic mass is 32.2. The van der Waals surface area contributed by atoms with Crippen molar-refractivity contribution in [1.82, 2.24) is 4.72 Å². The monoisotopic (exact) mass is 633 g/mol. The van der Waals surface area contributed by atoms with E-state index >= 15 is 0 Å². The number of halogens is 1. The zero-order valence-electron chi connectivity index (χ0n) is 23.8. The largest absolute Gasteiger partial charge is 0.376 e. The minimum absolute atomic E-state index is 0.0563. The van der Waals surface area contributed by atoms with Gasteiger partial charge in [-0.15, -0.1) is 11.8 Å². The highest BCUT2D eigenvalue weighted by Gasteiger charge is 2.28. The van der Waals surface area contributed by atoms with Crippen LogP contribution in [-0.2, 0) is 10.0 Å². The molecule has 0 unspecified atom stereocenters. The van der Waals surface area contributed by atoms with Gasteiger partial charge in [0.2, 0.25) is 0 Å². The number of hydrogen-bond donors (Lipinski definition) is 2. The first-order valence-corrected chi connectivity index (χ1v) is 16.8. The normalized spacial score (nSPS) is 14.5. The maximum atomic E-state index is 13.2. The number of hydrogen-bond acceptors (Lipinski definition) is 7. The number of sulfonamides is 1. The number of carbonyl (C=O) groups excluding carboxylic acids is 1. The third kappa shape index (κ3) is 7.83. The number of nitro benzene ring substituents is 1. The van der Waals surface area contributed by atoms with E-state index in [0.29, 0.717) is 11.7 Å². The van der Waals surface area contributed by atoms with Crippen LogP contribution in [0, 0.1) is 21.8 Å². The van der Waals surface area contributed by atoms with Crippen LogP contribution in [0.3, 0.4) is 0 Å². The molecule has 1 amide bonds. The van der Waals surface area contributed by atoms with E-state index in [1.165, 1.54) is 42.8 Å². The SMILES string of the molecule is O=C(NS(=O)(=O)c1ccc(N[C@@H](CSc2ccccc2)C2CCCCC2)c([N+](=O)[O-])c1)c1ccc(-c2ccc(F)cc2)cc1. The molecule has 0 saturated heterocycles. The van der Waals surface area contributed by atoms with Gasteiger partial charge in [0.25, 0.3) is 21.6 Å². The third-order valence-corrected chi connectivity index (χ3v) is 10.2. The number of nitro groups is 1. The van der Waals surface area contributed by atoms with Crippen molar-refractivity contribution in [3.05, 3.63) is 119 Å². The summed E-state index contributed by atoms with van der Waals surface area (Å²) in [5.74, 6) is -0.223. The molecule has 228 valence electrons. The Hall–Kier alpha value is -4.22. The molecule has 1 aliphatic rings. The van der Waals surface area contributed by atoms with E-state index in [1.54, 1.807) is 36.0 Å². The van der Waals surface area contributed by atoms with Crippen LogP contribution in [0.1, 0.15) is 42.5 Å². The zero-order valence-corrected chi connectivity index (χ0v) is 25.5. The van der Waals surface area contributed by atoms with Gasteiger partial charge in [0.15, 0.2) is 0 Å². The van der Waals surface area contributed by atoms with Crippen molar-refractivity contribution in [2.45, 2.75) is 47.9 Å². The maximum Gasteiger partial charge on any atom is 0.293 e. The Bertz CT molecular complexity index is 1710. The lowest BCUT2D eigenvalue weighted by Gasteiger charge is -2.31. The molecule has 11 heteroatoms. The zero-order chi connectivity index (χ0) is 31.1. The molecule has 1 aliphatic carbocycles. The average Bonchev–Trinajstić information content (AvgIpc) is 3.04. The number of thioether (sulfide) groups is 1. The van der Waals surface area contributed by atoms with Crippen LogP contribution < -0.4 is 10.0 Å². The van der Waals surface area contributed by atoms with Crippen molar-refractivity contribution < 1.29 is 22.5 Å².